The largest absolute Gasteiger partial charge is 0.867 e. The highest BCUT2D eigenvalue weighted by atomic mass is 19.1. The summed E-state index contributed by atoms with van der Waals surface area (Å²) in [6, 6.07) is 66.1. The number of rotatable bonds is 12. The Morgan fingerprint density at radius 2 is 0.750 bits per heavy atom. The Kier molecular flexibility index (Phi) is 17.1. The fourth-order valence-corrected chi connectivity index (χ4v) is 7.00. The first-order chi connectivity index (χ1) is 31.3. The molecular weight excluding hydrogens is 798 g/mol. The van der Waals surface area contributed by atoms with Crippen LogP contribution in [0.15, 0.2) is 203 Å². The Hall–Kier alpha value is -7.39. The average molecular weight is 849 g/mol. The van der Waals surface area contributed by atoms with Crippen molar-refractivity contribution in [1.29, 1.82) is 0 Å². The zero-order valence-electron chi connectivity index (χ0n) is 36.4. The Balaban J connectivity index is 0.000000196. The molecule has 320 valence electrons. The number of methoxy groups -OCH3 is 2. The van der Waals surface area contributed by atoms with Gasteiger partial charge in [0.1, 0.15) is 18.9 Å². The highest BCUT2D eigenvalue weighted by Gasteiger charge is 2.20. The van der Waals surface area contributed by atoms with Crippen LogP contribution >= 0.6 is 0 Å². The summed E-state index contributed by atoms with van der Waals surface area (Å²) in [6.07, 6.45) is 6.08. The van der Waals surface area contributed by atoms with Gasteiger partial charge in [0.15, 0.2) is 0 Å². The molecule has 0 saturated carbocycles. The highest BCUT2D eigenvalue weighted by Crippen LogP contribution is 2.33. The monoisotopic (exact) mass is 848 g/mol. The molecule has 0 aliphatic rings. The van der Waals surface area contributed by atoms with Crippen molar-refractivity contribution in [3.63, 3.8) is 0 Å². The third-order valence-corrected chi connectivity index (χ3v) is 10.3. The first-order valence-electron chi connectivity index (χ1n) is 21.1. The Labute approximate surface area is 376 Å². The van der Waals surface area contributed by atoms with E-state index in [-0.39, 0.29) is 0 Å². The molecule has 0 N–H and O–H groups in total. The van der Waals surface area contributed by atoms with Gasteiger partial charge in [0.2, 0.25) is 0 Å². The minimum absolute atomic E-state index is 0.836. The van der Waals surface area contributed by atoms with Gasteiger partial charge in [-0.15, -0.1) is 0 Å². The minimum Gasteiger partial charge on any atom is -0.867 e. The van der Waals surface area contributed by atoms with Gasteiger partial charge in [-0.25, -0.2) is 8.83 Å². The van der Waals surface area contributed by atoms with E-state index < -0.39 is 7.40 Å². The van der Waals surface area contributed by atoms with Crippen LogP contribution in [0.3, 0.4) is 0 Å². The molecule has 0 amide bonds. The standard InChI is InChI=1S/2C28H25O2.BFO2/c2*1-3-21(23-14-16-26(29-2)17-15-23)18-27-19-25(22-10-6-4-7-11-22)20-28(30-27)24-12-8-5-9-13-24;2-1(3)4/h2*4-20H,3H2,1-2H3;/q2*+1;-2/b2*21-18+;. The van der Waals surface area contributed by atoms with Gasteiger partial charge in [0.25, 0.3) is 0 Å². The van der Waals surface area contributed by atoms with Gasteiger partial charge in [-0.05, 0) is 94.8 Å². The number of hydrogen-bond acceptors (Lipinski definition) is 4. The summed E-state index contributed by atoms with van der Waals surface area (Å²) in [4.78, 5) is 0. The van der Waals surface area contributed by atoms with Gasteiger partial charge in [0, 0.05) is 23.3 Å². The van der Waals surface area contributed by atoms with Gasteiger partial charge < -0.3 is 23.8 Å². The summed E-state index contributed by atoms with van der Waals surface area (Å²) >= 11 is 0. The number of halogens is 1. The van der Waals surface area contributed by atoms with Crippen LogP contribution in [0.1, 0.15) is 49.3 Å². The summed E-state index contributed by atoms with van der Waals surface area (Å²) < 4.78 is 33.1. The third kappa shape index (κ3) is 13.3. The lowest BCUT2D eigenvalue weighted by Crippen LogP contribution is -2.39. The molecule has 2 aromatic heterocycles. The van der Waals surface area contributed by atoms with E-state index in [2.05, 4.69) is 147 Å². The van der Waals surface area contributed by atoms with E-state index in [0.29, 0.717) is 0 Å². The van der Waals surface area contributed by atoms with Crippen molar-refractivity contribution < 1.29 is 32.7 Å². The lowest BCUT2D eigenvalue weighted by Gasteiger charge is -2.09. The maximum Gasteiger partial charge on any atom is 0.361 e. The fourth-order valence-electron chi connectivity index (χ4n) is 7.00. The molecule has 0 aliphatic carbocycles. The van der Waals surface area contributed by atoms with Crippen molar-refractivity contribution in [2.45, 2.75) is 26.7 Å². The predicted octanol–water partition coefficient (Wildman–Crippen LogP) is 13.4. The van der Waals surface area contributed by atoms with Crippen LogP contribution in [-0.4, -0.2) is 21.6 Å². The maximum absolute atomic E-state index is 9.89. The van der Waals surface area contributed by atoms with E-state index >= 15 is 0 Å². The van der Waals surface area contributed by atoms with Gasteiger partial charge in [0.05, 0.1) is 49.6 Å². The van der Waals surface area contributed by atoms with Crippen molar-refractivity contribution in [3.8, 4) is 56.4 Å². The lowest BCUT2D eigenvalue weighted by molar-refractivity contribution is -0.366. The quantitative estimate of drug-likeness (QED) is 0.0899. The Morgan fingerprint density at radius 1 is 0.453 bits per heavy atom. The van der Waals surface area contributed by atoms with Crippen LogP contribution in [0, 0.1) is 0 Å². The fraction of sp³-hybridized carbons (Fsp3) is 0.107. The zero-order chi connectivity index (χ0) is 45.1. The van der Waals surface area contributed by atoms with Crippen molar-refractivity contribution in [2.75, 3.05) is 14.2 Å². The summed E-state index contributed by atoms with van der Waals surface area (Å²) in [5, 5.41) is 16.6. The van der Waals surface area contributed by atoms with Gasteiger partial charge >= 0.3 is 23.0 Å². The number of hydrogen-bond donors (Lipinski definition) is 0. The lowest BCUT2D eigenvalue weighted by atomic mass is 10.00. The molecule has 0 aliphatic heterocycles. The van der Waals surface area contributed by atoms with Crippen molar-refractivity contribution in [3.05, 3.63) is 217 Å². The zero-order valence-corrected chi connectivity index (χ0v) is 36.4. The molecule has 8 rings (SSSR count). The van der Waals surface area contributed by atoms with Crippen LogP contribution in [-0.2, 0) is 0 Å². The number of allylic oxidation sites excluding steroid dienone is 2. The molecule has 0 atom stereocenters. The molecule has 8 aromatic rings. The van der Waals surface area contributed by atoms with Crippen LogP contribution < -0.4 is 19.5 Å². The van der Waals surface area contributed by atoms with E-state index in [1.807, 2.05) is 72.8 Å². The summed E-state index contributed by atoms with van der Waals surface area (Å²) in [7, 11) is 0.204. The number of ether oxygens (including phenoxy) is 2. The second kappa shape index (κ2) is 23.7. The second-order valence-electron chi connectivity index (χ2n) is 14.5. The molecule has 64 heavy (non-hydrogen) atoms. The molecule has 6 aromatic carbocycles. The Morgan fingerprint density at radius 3 is 1.03 bits per heavy atom. The molecule has 0 radical (unpaired) electrons. The average Bonchev–Trinajstić information content (AvgIpc) is 3.36. The maximum atomic E-state index is 9.89. The summed E-state index contributed by atoms with van der Waals surface area (Å²) in [5.41, 5.74) is 11.5. The third-order valence-electron chi connectivity index (χ3n) is 10.3. The molecule has 0 fully saturated rings. The molecule has 0 bridgehead atoms. The summed E-state index contributed by atoms with van der Waals surface area (Å²) in [5.74, 6) is 5.10. The molecule has 2 heterocycles. The topological polar surface area (TPSA) is 87.2 Å². The number of benzene rings is 6. The normalized spacial score (nSPS) is 11.0. The van der Waals surface area contributed by atoms with Gasteiger partial charge in [-0.3, -0.25) is 0 Å². The van der Waals surface area contributed by atoms with E-state index in [1.165, 1.54) is 33.4 Å². The van der Waals surface area contributed by atoms with Gasteiger partial charge in [-0.1, -0.05) is 135 Å². The van der Waals surface area contributed by atoms with E-state index in [4.69, 9.17) is 28.4 Å². The van der Waals surface area contributed by atoms with Crippen molar-refractivity contribution in [1.82, 2.24) is 0 Å². The molecule has 6 nitrogen and oxygen atoms in total. The molecule has 0 spiro atoms. The predicted molar refractivity (Wildman–Crippen MR) is 257 cm³/mol. The van der Waals surface area contributed by atoms with Crippen LogP contribution in [0.2, 0.25) is 0 Å². The van der Waals surface area contributed by atoms with Crippen LogP contribution in [0.25, 0.3) is 68.2 Å². The van der Waals surface area contributed by atoms with E-state index in [1.54, 1.807) is 14.2 Å². The van der Waals surface area contributed by atoms with Gasteiger partial charge in [-0.2, -0.15) is 0 Å². The second-order valence-corrected chi connectivity index (χ2v) is 14.5. The van der Waals surface area contributed by atoms with Crippen LogP contribution in [0.5, 0.6) is 11.5 Å². The minimum atomic E-state index is -3.17. The first kappa shape index (κ1) is 46.1. The summed E-state index contributed by atoms with van der Waals surface area (Å²) in [6.45, 7) is 4.32. The molecular formula is C56H50BFO6. The highest BCUT2D eigenvalue weighted by molar-refractivity contribution is 6.27. The molecule has 0 unspecified atom stereocenters. The van der Waals surface area contributed by atoms with E-state index in [0.717, 1.165) is 69.6 Å². The van der Waals surface area contributed by atoms with Crippen molar-refractivity contribution >= 4 is 30.7 Å². The van der Waals surface area contributed by atoms with E-state index in [9.17, 15) is 4.32 Å². The first-order valence-corrected chi connectivity index (χ1v) is 21.1. The SMILES string of the molecule is CC/C(=C\c1cc(-c2ccccc2)cc(-c2ccccc2)[o+]1)c1ccc(OC)cc1.CC/C(=C\c1cc(-c2ccccc2)cc(-c2ccccc2)[o+]1)c1ccc(OC)cc1.[O-]B([O-])F. The van der Waals surface area contributed by atoms with Crippen molar-refractivity contribution in [2.24, 2.45) is 0 Å². The molecule has 8 heteroatoms. The molecule has 0 saturated heterocycles. The smallest absolute Gasteiger partial charge is 0.361 e. The Bertz CT molecular complexity index is 2400. The van der Waals surface area contributed by atoms with Crippen LogP contribution in [0.4, 0.5) is 4.32 Å².